The van der Waals surface area contributed by atoms with Crippen molar-refractivity contribution in [3.63, 3.8) is 0 Å². The van der Waals surface area contributed by atoms with Crippen LogP contribution in [0.3, 0.4) is 0 Å². The van der Waals surface area contributed by atoms with Crippen molar-refractivity contribution in [2.24, 2.45) is 5.92 Å². The first-order valence-electron chi connectivity index (χ1n) is 11.4. The number of allylic oxidation sites excluding steroid dienone is 2. The second-order valence-electron chi connectivity index (χ2n) is 8.29. The van der Waals surface area contributed by atoms with Crippen molar-refractivity contribution < 1.29 is 24.5 Å². The lowest BCUT2D eigenvalue weighted by Gasteiger charge is -2.37. The topological polar surface area (TPSA) is 88.0 Å². The molecule has 0 aromatic heterocycles. The Morgan fingerprint density at radius 2 is 1.65 bits per heavy atom. The quantitative estimate of drug-likeness (QED) is 0.323. The summed E-state index contributed by atoms with van der Waals surface area (Å²) in [7, 11) is 0. The van der Waals surface area contributed by atoms with Crippen molar-refractivity contribution in [1.29, 1.82) is 0 Å². The summed E-state index contributed by atoms with van der Waals surface area (Å²) in [5, 5.41) is 22.6. The van der Waals surface area contributed by atoms with Gasteiger partial charge in [0.05, 0.1) is 12.7 Å². The van der Waals surface area contributed by atoms with E-state index >= 15 is 0 Å². The monoisotopic (exact) mass is 459 g/mol. The zero-order valence-electron chi connectivity index (χ0n) is 18.8. The third-order valence-corrected chi connectivity index (χ3v) is 5.78. The molecular formula is C28H29NO5. The maximum absolute atomic E-state index is 10.7. The molecule has 6 nitrogen and oxygen atoms in total. The summed E-state index contributed by atoms with van der Waals surface area (Å²) < 4.78 is 12.4. The Morgan fingerprint density at radius 1 is 0.941 bits per heavy atom. The van der Waals surface area contributed by atoms with Gasteiger partial charge < -0.3 is 25.0 Å². The number of carbonyl (C=O) groups is 1. The fourth-order valence-electron chi connectivity index (χ4n) is 4.01. The number of carboxylic acid groups (broad SMARTS) is 1. The first-order valence-corrected chi connectivity index (χ1v) is 11.4. The average molecular weight is 460 g/mol. The molecule has 0 bridgehead atoms. The average Bonchev–Trinajstić information content (AvgIpc) is 2.85. The van der Waals surface area contributed by atoms with E-state index < -0.39 is 12.3 Å². The number of anilines is 2. The molecule has 1 unspecified atom stereocenters. The number of phenols is 1. The van der Waals surface area contributed by atoms with E-state index in [2.05, 4.69) is 5.32 Å². The van der Waals surface area contributed by atoms with Crippen molar-refractivity contribution in [3.8, 4) is 5.75 Å². The van der Waals surface area contributed by atoms with E-state index in [9.17, 15) is 9.90 Å². The number of hydrogen-bond acceptors (Lipinski definition) is 5. The van der Waals surface area contributed by atoms with Crippen molar-refractivity contribution in [3.05, 3.63) is 102 Å². The summed E-state index contributed by atoms with van der Waals surface area (Å²) in [6.45, 7) is 0.455. The molecule has 0 radical (unpaired) electrons. The number of para-hydroxylation sites is 2. The fourth-order valence-corrected chi connectivity index (χ4v) is 4.01. The fraction of sp³-hybridized carbons (Fsp3) is 0.250. The molecule has 1 fully saturated rings. The maximum Gasteiger partial charge on any atom is 0.303 e. The minimum atomic E-state index is -0.811. The summed E-state index contributed by atoms with van der Waals surface area (Å²) in [6.07, 6.45) is 4.18. The highest BCUT2D eigenvalue weighted by molar-refractivity contribution is 5.66. The number of aromatic hydroxyl groups is 1. The summed E-state index contributed by atoms with van der Waals surface area (Å²) >= 11 is 0. The molecule has 0 amide bonds. The van der Waals surface area contributed by atoms with Crippen LogP contribution in [-0.4, -0.2) is 22.8 Å². The van der Waals surface area contributed by atoms with Gasteiger partial charge in [0, 0.05) is 34.8 Å². The van der Waals surface area contributed by atoms with E-state index in [1.165, 1.54) is 0 Å². The number of nitrogens with one attached hydrogen (secondary N) is 1. The molecule has 1 saturated heterocycles. The molecular weight excluding hydrogens is 430 g/mol. The highest BCUT2D eigenvalue weighted by Crippen LogP contribution is 2.42. The predicted octanol–water partition coefficient (Wildman–Crippen LogP) is 6.35. The van der Waals surface area contributed by atoms with E-state index in [1.807, 2.05) is 78.9 Å². The summed E-state index contributed by atoms with van der Waals surface area (Å²) in [5.41, 5.74) is 3.60. The molecule has 4 rings (SSSR count). The van der Waals surface area contributed by atoms with Crippen molar-refractivity contribution >= 4 is 17.3 Å². The number of rotatable bonds is 9. The van der Waals surface area contributed by atoms with E-state index in [0.717, 1.165) is 22.5 Å². The van der Waals surface area contributed by atoms with E-state index in [1.54, 1.807) is 12.1 Å². The molecule has 34 heavy (non-hydrogen) atoms. The zero-order chi connectivity index (χ0) is 23.8. The van der Waals surface area contributed by atoms with Crippen LogP contribution in [0.5, 0.6) is 5.75 Å². The van der Waals surface area contributed by atoms with Gasteiger partial charge in [-0.25, -0.2) is 0 Å². The Hall–Kier alpha value is -3.61. The molecule has 3 aromatic carbocycles. The first kappa shape index (κ1) is 23.5. The number of benzene rings is 3. The van der Waals surface area contributed by atoms with Crippen LogP contribution in [0.15, 0.2) is 91.0 Å². The predicted molar refractivity (Wildman–Crippen MR) is 131 cm³/mol. The van der Waals surface area contributed by atoms with Gasteiger partial charge in [-0.1, -0.05) is 60.7 Å². The number of hydrogen-bond donors (Lipinski definition) is 3. The Balaban J connectivity index is 1.46. The van der Waals surface area contributed by atoms with Gasteiger partial charge in [0.15, 0.2) is 6.29 Å². The van der Waals surface area contributed by atoms with Gasteiger partial charge in [-0.2, -0.15) is 0 Å². The number of aliphatic carboxylic acids is 1. The molecule has 0 saturated carbocycles. The van der Waals surface area contributed by atoms with Crippen molar-refractivity contribution in [2.75, 3.05) is 11.9 Å². The standard InChI is InChI=1S/C28H29NO5/c30-25-13-8-7-12-24(25)27-21(9-3-1-6-14-26(31)32)19-33-28(34-27)20-15-17-23(18-16-20)29-22-10-4-2-5-11-22/h1-5,7-8,10-13,15-18,21,27-30H,6,9,14,19H2,(H,31,32)/b3-1-/t21?,27-,28-/m0/s1. The molecule has 0 aliphatic carbocycles. The summed E-state index contributed by atoms with van der Waals surface area (Å²) in [4.78, 5) is 10.7. The Kier molecular flexibility index (Phi) is 7.96. The molecule has 176 valence electrons. The van der Waals surface area contributed by atoms with Crippen LogP contribution in [0.2, 0.25) is 0 Å². The molecule has 1 heterocycles. The second-order valence-corrected chi connectivity index (χ2v) is 8.29. The first-order chi connectivity index (χ1) is 16.6. The molecule has 6 heteroatoms. The zero-order valence-corrected chi connectivity index (χ0v) is 18.8. The van der Waals surface area contributed by atoms with Crippen LogP contribution in [-0.2, 0) is 14.3 Å². The summed E-state index contributed by atoms with van der Waals surface area (Å²) in [6, 6.07) is 25.1. The van der Waals surface area contributed by atoms with Crippen LogP contribution >= 0.6 is 0 Å². The van der Waals surface area contributed by atoms with Gasteiger partial charge in [-0.15, -0.1) is 0 Å². The van der Waals surface area contributed by atoms with Gasteiger partial charge >= 0.3 is 5.97 Å². The van der Waals surface area contributed by atoms with Gasteiger partial charge in [0.25, 0.3) is 0 Å². The third-order valence-electron chi connectivity index (χ3n) is 5.78. The van der Waals surface area contributed by atoms with Gasteiger partial charge in [0.2, 0.25) is 0 Å². The molecule has 0 spiro atoms. The lowest BCUT2D eigenvalue weighted by Crippen LogP contribution is -2.30. The normalized spacial score (nSPS) is 20.3. The lowest BCUT2D eigenvalue weighted by molar-refractivity contribution is -0.244. The Labute approximate surface area is 199 Å². The number of carboxylic acids is 1. The van der Waals surface area contributed by atoms with E-state index in [4.69, 9.17) is 14.6 Å². The molecule has 3 aromatic rings. The smallest absolute Gasteiger partial charge is 0.303 e. The molecule has 3 N–H and O–H groups in total. The van der Waals surface area contributed by atoms with Gasteiger partial charge in [0.1, 0.15) is 5.75 Å². The van der Waals surface area contributed by atoms with Crippen LogP contribution in [0, 0.1) is 5.92 Å². The van der Waals surface area contributed by atoms with Crippen LogP contribution in [0.1, 0.15) is 42.8 Å². The number of ether oxygens (including phenoxy) is 2. The molecule has 1 aliphatic heterocycles. The van der Waals surface area contributed by atoms with Crippen LogP contribution in [0.4, 0.5) is 11.4 Å². The minimum absolute atomic E-state index is 0.00958. The SMILES string of the molecule is O=C(O)CC/C=C\CC1CO[C@H](c2ccc(Nc3ccccc3)cc2)O[C@@H]1c1ccccc1O. The highest BCUT2D eigenvalue weighted by Gasteiger charge is 2.34. The van der Waals surface area contributed by atoms with Gasteiger partial charge in [-0.05, 0) is 43.2 Å². The van der Waals surface area contributed by atoms with Crippen molar-refractivity contribution in [1.82, 2.24) is 0 Å². The highest BCUT2D eigenvalue weighted by atomic mass is 16.7. The number of phenolic OH excluding ortho intramolecular Hbond substituents is 1. The van der Waals surface area contributed by atoms with Gasteiger partial charge in [-0.3, -0.25) is 4.79 Å². The minimum Gasteiger partial charge on any atom is -0.508 e. The van der Waals surface area contributed by atoms with Crippen LogP contribution in [0.25, 0.3) is 0 Å². The third kappa shape index (κ3) is 6.25. The maximum atomic E-state index is 10.7. The summed E-state index contributed by atoms with van der Waals surface area (Å²) in [5.74, 6) is -0.631. The van der Waals surface area contributed by atoms with Crippen LogP contribution < -0.4 is 5.32 Å². The molecule has 1 aliphatic rings. The van der Waals surface area contributed by atoms with E-state index in [-0.39, 0.29) is 24.2 Å². The Bertz CT molecular complexity index is 1100. The molecule has 3 atom stereocenters. The van der Waals surface area contributed by atoms with E-state index in [0.29, 0.717) is 19.4 Å². The lowest BCUT2D eigenvalue weighted by atomic mass is 9.91. The Morgan fingerprint density at radius 3 is 2.38 bits per heavy atom. The second kappa shape index (κ2) is 11.5. The van der Waals surface area contributed by atoms with Crippen molar-refractivity contribution in [2.45, 2.75) is 31.7 Å². The largest absolute Gasteiger partial charge is 0.508 e.